The van der Waals surface area contributed by atoms with E-state index in [1.54, 1.807) is 13.4 Å². The first kappa shape index (κ1) is 18.7. The van der Waals surface area contributed by atoms with Crippen LogP contribution in [-0.2, 0) is 12.8 Å². The average Bonchev–Trinajstić information content (AvgIpc) is 2.73. The van der Waals surface area contributed by atoms with E-state index in [1.807, 2.05) is 24.3 Å². The molecule has 0 fully saturated rings. The van der Waals surface area contributed by atoms with Crippen LogP contribution >= 0.6 is 0 Å². The van der Waals surface area contributed by atoms with Crippen molar-refractivity contribution in [3.8, 4) is 5.75 Å². The summed E-state index contributed by atoms with van der Waals surface area (Å²) in [5, 5.41) is 6.73. The summed E-state index contributed by atoms with van der Waals surface area (Å²) in [6.07, 6.45) is 4.64. The molecule has 140 valence electrons. The fourth-order valence-electron chi connectivity index (χ4n) is 2.83. The Labute approximate surface area is 160 Å². The smallest absolute Gasteiger partial charge is 0.131 e. The fraction of sp³-hybridized carbons (Fsp3) is 0.273. The van der Waals surface area contributed by atoms with E-state index in [9.17, 15) is 0 Å². The molecule has 1 aromatic heterocycles. The van der Waals surface area contributed by atoms with Crippen LogP contribution in [0.3, 0.4) is 0 Å². The predicted octanol–water partition coefficient (Wildman–Crippen LogP) is 4.18. The summed E-state index contributed by atoms with van der Waals surface area (Å²) in [4.78, 5) is 8.58. The summed E-state index contributed by atoms with van der Waals surface area (Å²) in [6, 6.07) is 20.6. The molecule has 2 N–H and O–H groups in total. The van der Waals surface area contributed by atoms with Gasteiger partial charge in [0.1, 0.15) is 23.7 Å². The van der Waals surface area contributed by atoms with Gasteiger partial charge >= 0.3 is 0 Å². The Hall–Kier alpha value is -3.08. The molecule has 0 aliphatic rings. The number of anilines is 2. The van der Waals surface area contributed by atoms with Crippen molar-refractivity contribution in [2.75, 3.05) is 30.8 Å². The van der Waals surface area contributed by atoms with Gasteiger partial charge in [-0.15, -0.1) is 0 Å². The van der Waals surface area contributed by atoms with Gasteiger partial charge in [0, 0.05) is 19.2 Å². The molecule has 27 heavy (non-hydrogen) atoms. The van der Waals surface area contributed by atoms with Gasteiger partial charge in [-0.05, 0) is 42.5 Å². The predicted molar refractivity (Wildman–Crippen MR) is 110 cm³/mol. The van der Waals surface area contributed by atoms with Crippen molar-refractivity contribution in [3.63, 3.8) is 0 Å². The highest BCUT2D eigenvalue weighted by molar-refractivity contribution is 5.46. The van der Waals surface area contributed by atoms with Crippen molar-refractivity contribution in [2.45, 2.75) is 19.3 Å². The highest BCUT2D eigenvalue weighted by Gasteiger charge is 2.00. The second-order valence-electron chi connectivity index (χ2n) is 6.33. The van der Waals surface area contributed by atoms with Crippen molar-refractivity contribution in [1.82, 2.24) is 9.97 Å². The lowest BCUT2D eigenvalue weighted by atomic mass is 10.1. The van der Waals surface area contributed by atoms with Crippen LogP contribution in [-0.4, -0.2) is 30.2 Å². The van der Waals surface area contributed by atoms with Gasteiger partial charge in [-0.2, -0.15) is 0 Å². The number of hydrogen-bond donors (Lipinski definition) is 2. The summed E-state index contributed by atoms with van der Waals surface area (Å²) in [6.45, 7) is 1.70. The SMILES string of the molecule is COc1ccc(CCNc2cc(NCCCc3ccccc3)ncn2)cc1. The Morgan fingerprint density at radius 2 is 1.44 bits per heavy atom. The third-order valence-corrected chi connectivity index (χ3v) is 4.34. The zero-order chi connectivity index (χ0) is 18.7. The van der Waals surface area contributed by atoms with Crippen molar-refractivity contribution in [1.29, 1.82) is 0 Å². The highest BCUT2D eigenvalue weighted by Crippen LogP contribution is 2.13. The summed E-state index contributed by atoms with van der Waals surface area (Å²) in [5.74, 6) is 2.57. The molecule has 0 aliphatic carbocycles. The van der Waals surface area contributed by atoms with E-state index >= 15 is 0 Å². The molecule has 0 saturated carbocycles. The maximum Gasteiger partial charge on any atom is 0.131 e. The molecule has 0 bridgehead atoms. The molecule has 1 heterocycles. The van der Waals surface area contributed by atoms with Gasteiger partial charge in [0.25, 0.3) is 0 Å². The molecule has 0 radical (unpaired) electrons. The number of rotatable bonds is 10. The molecule has 0 saturated heterocycles. The zero-order valence-electron chi connectivity index (χ0n) is 15.7. The molecule has 0 aliphatic heterocycles. The van der Waals surface area contributed by atoms with Gasteiger partial charge in [0.2, 0.25) is 0 Å². The van der Waals surface area contributed by atoms with Gasteiger partial charge in [-0.25, -0.2) is 9.97 Å². The van der Waals surface area contributed by atoms with Crippen LogP contribution in [0.15, 0.2) is 67.0 Å². The first-order chi connectivity index (χ1) is 13.3. The van der Waals surface area contributed by atoms with Crippen molar-refractivity contribution in [3.05, 3.63) is 78.1 Å². The molecular formula is C22H26N4O. The zero-order valence-corrected chi connectivity index (χ0v) is 15.7. The van der Waals surface area contributed by atoms with Crippen molar-refractivity contribution < 1.29 is 4.74 Å². The maximum atomic E-state index is 5.18. The van der Waals surface area contributed by atoms with Crippen LogP contribution in [0.4, 0.5) is 11.6 Å². The molecule has 0 spiro atoms. The van der Waals surface area contributed by atoms with Gasteiger partial charge < -0.3 is 15.4 Å². The number of benzene rings is 2. The Morgan fingerprint density at radius 1 is 0.778 bits per heavy atom. The molecule has 2 aromatic carbocycles. The van der Waals surface area contributed by atoms with Crippen LogP contribution < -0.4 is 15.4 Å². The summed E-state index contributed by atoms with van der Waals surface area (Å²) < 4.78 is 5.18. The number of aromatic nitrogens is 2. The second kappa shape index (κ2) is 10.2. The van der Waals surface area contributed by atoms with Gasteiger partial charge in [-0.3, -0.25) is 0 Å². The maximum absolute atomic E-state index is 5.18. The number of ether oxygens (including phenoxy) is 1. The highest BCUT2D eigenvalue weighted by atomic mass is 16.5. The molecule has 3 rings (SSSR count). The fourth-order valence-corrected chi connectivity index (χ4v) is 2.83. The van der Waals surface area contributed by atoms with Gasteiger partial charge in [0.15, 0.2) is 0 Å². The lowest BCUT2D eigenvalue weighted by molar-refractivity contribution is 0.414. The standard InChI is InChI=1S/C22H26N4O/c1-27-20-11-9-19(10-12-20)13-15-24-22-16-21(25-17-26-22)23-14-5-8-18-6-3-2-4-7-18/h2-4,6-7,9-12,16-17H,5,8,13-15H2,1H3,(H2,23,24,25,26). The minimum absolute atomic E-state index is 0.816. The number of nitrogens with zero attached hydrogens (tertiary/aromatic N) is 2. The number of nitrogens with one attached hydrogen (secondary N) is 2. The normalized spacial score (nSPS) is 10.4. The molecular weight excluding hydrogens is 336 g/mol. The van der Waals surface area contributed by atoms with Crippen molar-refractivity contribution in [2.24, 2.45) is 0 Å². The van der Waals surface area contributed by atoms with E-state index in [2.05, 4.69) is 57.0 Å². The molecule has 3 aromatic rings. The van der Waals surface area contributed by atoms with E-state index in [0.717, 1.165) is 49.7 Å². The van der Waals surface area contributed by atoms with Crippen LogP contribution in [0.5, 0.6) is 5.75 Å². The van der Waals surface area contributed by atoms with Crippen LogP contribution in [0.1, 0.15) is 17.5 Å². The minimum atomic E-state index is 0.816. The number of hydrogen-bond acceptors (Lipinski definition) is 5. The van der Waals surface area contributed by atoms with Gasteiger partial charge in [0.05, 0.1) is 7.11 Å². The molecule has 5 heteroatoms. The van der Waals surface area contributed by atoms with E-state index in [1.165, 1.54) is 11.1 Å². The third-order valence-electron chi connectivity index (χ3n) is 4.34. The summed E-state index contributed by atoms with van der Waals surface area (Å²) in [5.41, 5.74) is 2.62. The van der Waals surface area contributed by atoms with E-state index in [0.29, 0.717) is 0 Å². The van der Waals surface area contributed by atoms with E-state index < -0.39 is 0 Å². The first-order valence-corrected chi connectivity index (χ1v) is 9.30. The Bertz CT molecular complexity index is 806. The molecule has 0 unspecified atom stereocenters. The third kappa shape index (κ3) is 6.29. The molecule has 0 amide bonds. The summed E-state index contributed by atoms with van der Waals surface area (Å²) in [7, 11) is 1.68. The second-order valence-corrected chi connectivity index (χ2v) is 6.33. The summed E-state index contributed by atoms with van der Waals surface area (Å²) >= 11 is 0. The van der Waals surface area contributed by atoms with Gasteiger partial charge in [-0.1, -0.05) is 42.5 Å². The molecule has 5 nitrogen and oxygen atoms in total. The van der Waals surface area contributed by atoms with Crippen LogP contribution in [0.2, 0.25) is 0 Å². The Morgan fingerprint density at radius 3 is 2.15 bits per heavy atom. The number of aryl methyl sites for hydroxylation is 1. The van der Waals surface area contributed by atoms with Crippen LogP contribution in [0, 0.1) is 0 Å². The lowest BCUT2D eigenvalue weighted by Crippen LogP contribution is -2.09. The quantitative estimate of drug-likeness (QED) is 0.530. The van der Waals surface area contributed by atoms with Crippen LogP contribution in [0.25, 0.3) is 0 Å². The average molecular weight is 362 g/mol. The Kier molecular flexibility index (Phi) is 7.04. The monoisotopic (exact) mass is 362 g/mol. The topological polar surface area (TPSA) is 59.1 Å². The van der Waals surface area contributed by atoms with E-state index in [-0.39, 0.29) is 0 Å². The largest absolute Gasteiger partial charge is 0.497 e. The number of methoxy groups -OCH3 is 1. The Balaban J connectivity index is 1.40. The van der Waals surface area contributed by atoms with Crippen molar-refractivity contribution >= 4 is 11.6 Å². The first-order valence-electron chi connectivity index (χ1n) is 9.30. The minimum Gasteiger partial charge on any atom is -0.497 e. The lowest BCUT2D eigenvalue weighted by Gasteiger charge is -2.09. The molecule has 0 atom stereocenters. The van der Waals surface area contributed by atoms with E-state index in [4.69, 9.17) is 4.74 Å².